The number of nitrogen functional groups attached to an aromatic ring is 1. The zero-order valence-corrected chi connectivity index (χ0v) is 13.8. The standard InChI is InChI=1S/C17H23N5O2/c18-11-14-15(3-4-16(17(14)19)22(23)24)21-9-5-13(6-10-21)12-20-7-1-2-8-20/h3-4,13H,1-2,5-10,12,19H2. The number of nitrogens with zero attached hydrogens (tertiary/aromatic N) is 4. The fourth-order valence-corrected chi connectivity index (χ4v) is 3.82. The van der Waals surface area contributed by atoms with E-state index in [1.807, 2.05) is 6.07 Å². The Hall–Kier alpha value is -2.33. The van der Waals surface area contributed by atoms with Gasteiger partial charge in [0.1, 0.15) is 17.3 Å². The van der Waals surface area contributed by atoms with Gasteiger partial charge in [-0.3, -0.25) is 10.1 Å². The van der Waals surface area contributed by atoms with Gasteiger partial charge in [-0.15, -0.1) is 0 Å². The number of nitro benzene ring substituents is 1. The highest BCUT2D eigenvalue weighted by atomic mass is 16.6. The van der Waals surface area contributed by atoms with Crippen molar-refractivity contribution in [2.24, 2.45) is 5.92 Å². The van der Waals surface area contributed by atoms with Crippen molar-refractivity contribution in [3.63, 3.8) is 0 Å². The van der Waals surface area contributed by atoms with Gasteiger partial charge in [-0.2, -0.15) is 5.26 Å². The Bertz CT molecular complexity index is 656. The number of nitriles is 1. The van der Waals surface area contributed by atoms with Crippen molar-refractivity contribution in [3.05, 3.63) is 27.8 Å². The van der Waals surface area contributed by atoms with Crippen LogP contribution >= 0.6 is 0 Å². The zero-order chi connectivity index (χ0) is 17.1. The first-order valence-corrected chi connectivity index (χ1v) is 8.54. The van der Waals surface area contributed by atoms with Crippen molar-refractivity contribution < 1.29 is 4.92 Å². The van der Waals surface area contributed by atoms with Gasteiger partial charge in [0.25, 0.3) is 5.69 Å². The molecule has 7 nitrogen and oxygen atoms in total. The molecule has 2 saturated heterocycles. The summed E-state index contributed by atoms with van der Waals surface area (Å²) in [6, 6.07) is 5.11. The van der Waals surface area contributed by atoms with Crippen LogP contribution in [0, 0.1) is 27.4 Å². The molecule has 0 aliphatic carbocycles. The minimum absolute atomic E-state index is 0.0285. The van der Waals surface area contributed by atoms with Crippen molar-refractivity contribution in [1.29, 1.82) is 5.26 Å². The molecule has 1 aromatic carbocycles. The maximum Gasteiger partial charge on any atom is 0.293 e. The van der Waals surface area contributed by atoms with Crippen molar-refractivity contribution in [2.45, 2.75) is 25.7 Å². The normalized spacial score (nSPS) is 19.4. The number of benzene rings is 1. The summed E-state index contributed by atoms with van der Waals surface area (Å²) in [6.45, 7) is 5.34. The molecule has 2 N–H and O–H groups in total. The molecule has 0 unspecified atom stereocenters. The summed E-state index contributed by atoms with van der Waals surface area (Å²) in [7, 11) is 0. The van der Waals surface area contributed by atoms with Gasteiger partial charge in [0.2, 0.25) is 0 Å². The summed E-state index contributed by atoms with van der Waals surface area (Å²) in [4.78, 5) is 15.1. The highest BCUT2D eigenvalue weighted by Gasteiger charge is 2.26. The second kappa shape index (κ2) is 7.05. The van der Waals surface area contributed by atoms with E-state index < -0.39 is 4.92 Å². The lowest BCUT2D eigenvalue weighted by Crippen LogP contribution is -2.38. The topological polar surface area (TPSA) is 99.4 Å². The Balaban J connectivity index is 1.69. The number of hydrogen-bond donors (Lipinski definition) is 1. The number of hydrogen-bond acceptors (Lipinski definition) is 6. The van der Waals surface area contributed by atoms with E-state index in [0.717, 1.165) is 31.6 Å². The molecule has 0 bridgehead atoms. The SMILES string of the molecule is N#Cc1c(N2CCC(CN3CCCC3)CC2)ccc([N+](=O)[O-])c1N. The Labute approximate surface area is 141 Å². The second-order valence-corrected chi connectivity index (χ2v) is 6.70. The van der Waals surface area contributed by atoms with Crippen molar-refractivity contribution >= 4 is 17.1 Å². The molecule has 0 radical (unpaired) electrons. The van der Waals surface area contributed by atoms with Crippen LogP contribution in [0.2, 0.25) is 0 Å². The molecule has 128 valence electrons. The van der Waals surface area contributed by atoms with Gasteiger partial charge in [-0.1, -0.05) is 0 Å². The van der Waals surface area contributed by atoms with E-state index in [-0.39, 0.29) is 16.9 Å². The van der Waals surface area contributed by atoms with Crippen LogP contribution in [0.4, 0.5) is 17.1 Å². The Morgan fingerprint density at radius 3 is 2.50 bits per heavy atom. The van der Waals surface area contributed by atoms with Gasteiger partial charge in [-0.25, -0.2) is 0 Å². The summed E-state index contributed by atoms with van der Waals surface area (Å²) in [5.74, 6) is 0.695. The number of piperidine rings is 1. The van der Waals surface area contributed by atoms with Crippen LogP contribution in [0.1, 0.15) is 31.2 Å². The van der Waals surface area contributed by atoms with Crippen LogP contribution in [-0.4, -0.2) is 42.5 Å². The van der Waals surface area contributed by atoms with Gasteiger partial charge in [0.15, 0.2) is 0 Å². The molecule has 0 spiro atoms. The lowest BCUT2D eigenvalue weighted by Gasteiger charge is -2.35. The smallest absolute Gasteiger partial charge is 0.293 e. The third-order valence-corrected chi connectivity index (χ3v) is 5.18. The largest absolute Gasteiger partial charge is 0.392 e. The van der Waals surface area contributed by atoms with Gasteiger partial charge in [-0.05, 0) is 50.8 Å². The fourth-order valence-electron chi connectivity index (χ4n) is 3.82. The second-order valence-electron chi connectivity index (χ2n) is 6.70. The van der Waals surface area contributed by atoms with Gasteiger partial charge >= 0.3 is 0 Å². The van der Waals surface area contributed by atoms with Gasteiger partial charge in [0.05, 0.1) is 10.6 Å². The molecule has 24 heavy (non-hydrogen) atoms. The van der Waals surface area contributed by atoms with Gasteiger partial charge in [0, 0.05) is 25.7 Å². The van der Waals surface area contributed by atoms with Crippen LogP contribution in [0.25, 0.3) is 0 Å². The quantitative estimate of drug-likeness (QED) is 0.517. The molecule has 2 fully saturated rings. The summed E-state index contributed by atoms with van der Waals surface area (Å²) < 4.78 is 0. The first-order valence-electron chi connectivity index (χ1n) is 8.54. The number of likely N-dealkylation sites (tertiary alicyclic amines) is 1. The highest BCUT2D eigenvalue weighted by molar-refractivity contribution is 5.77. The first-order chi connectivity index (χ1) is 11.6. The molecule has 2 aliphatic heterocycles. The molecule has 1 aromatic rings. The van der Waals surface area contributed by atoms with E-state index in [4.69, 9.17) is 5.73 Å². The van der Waals surface area contributed by atoms with Crippen LogP contribution in [0.5, 0.6) is 0 Å². The van der Waals surface area contributed by atoms with Gasteiger partial charge < -0.3 is 15.5 Å². The summed E-state index contributed by atoms with van der Waals surface area (Å²) in [5.41, 5.74) is 6.56. The van der Waals surface area contributed by atoms with Crippen molar-refractivity contribution in [2.75, 3.05) is 43.4 Å². The van der Waals surface area contributed by atoms with Crippen LogP contribution in [0.3, 0.4) is 0 Å². The number of nitro groups is 1. The van der Waals surface area contributed by atoms with E-state index in [1.54, 1.807) is 6.07 Å². The van der Waals surface area contributed by atoms with E-state index in [2.05, 4.69) is 9.80 Å². The average Bonchev–Trinajstić information content (AvgIpc) is 3.08. The Kier molecular flexibility index (Phi) is 4.86. The maximum absolute atomic E-state index is 11.0. The Morgan fingerprint density at radius 2 is 1.92 bits per heavy atom. The van der Waals surface area contributed by atoms with Crippen molar-refractivity contribution in [3.8, 4) is 6.07 Å². The predicted molar refractivity (Wildman–Crippen MR) is 92.8 cm³/mol. The zero-order valence-electron chi connectivity index (χ0n) is 13.8. The molecule has 2 heterocycles. The number of rotatable bonds is 4. The first kappa shape index (κ1) is 16.5. The third kappa shape index (κ3) is 3.29. The third-order valence-electron chi connectivity index (χ3n) is 5.18. The average molecular weight is 329 g/mol. The molecule has 3 rings (SSSR count). The van der Waals surface area contributed by atoms with E-state index in [0.29, 0.717) is 5.92 Å². The monoisotopic (exact) mass is 329 g/mol. The fraction of sp³-hybridized carbons (Fsp3) is 0.588. The van der Waals surface area contributed by atoms with E-state index in [1.165, 1.54) is 38.5 Å². The predicted octanol–water partition coefficient (Wildman–Crippen LogP) is 2.36. The van der Waals surface area contributed by atoms with Crippen LogP contribution in [0.15, 0.2) is 12.1 Å². The lowest BCUT2D eigenvalue weighted by atomic mass is 9.95. The van der Waals surface area contributed by atoms with Crippen LogP contribution < -0.4 is 10.6 Å². The molecule has 0 aromatic heterocycles. The highest BCUT2D eigenvalue weighted by Crippen LogP contribution is 2.34. The van der Waals surface area contributed by atoms with E-state index >= 15 is 0 Å². The molecular formula is C17H23N5O2. The van der Waals surface area contributed by atoms with E-state index in [9.17, 15) is 15.4 Å². The summed E-state index contributed by atoms with van der Waals surface area (Å²) >= 11 is 0. The molecule has 0 atom stereocenters. The molecular weight excluding hydrogens is 306 g/mol. The molecule has 7 heteroatoms. The van der Waals surface area contributed by atoms with Crippen LogP contribution in [-0.2, 0) is 0 Å². The summed E-state index contributed by atoms with van der Waals surface area (Å²) in [6.07, 6.45) is 4.79. The number of anilines is 2. The minimum Gasteiger partial charge on any atom is -0.392 e. The number of nitrogens with two attached hydrogens (primary N) is 1. The Morgan fingerprint density at radius 1 is 1.25 bits per heavy atom. The molecule has 0 saturated carbocycles. The summed E-state index contributed by atoms with van der Waals surface area (Å²) in [5, 5.41) is 20.4. The minimum atomic E-state index is -0.539. The van der Waals surface area contributed by atoms with Crippen molar-refractivity contribution in [1.82, 2.24) is 4.90 Å². The molecule has 0 amide bonds. The maximum atomic E-state index is 11.0. The lowest BCUT2D eigenvalue weighted by molar-refractivity contribution is -0.383. The molecule has 2 aliphatic rings.